The first kappa shape index (κ1) is 13.9. The predicted molar refractivity (Wildman–Crippen MR) is 61.2 cm³/mol. The van der Waals surface area contributed by atoms with Gasteiger partial charge in [-0.15, -0.1) is 0 Å². The maximum atomic E-state index is 11.6. The van der Waals surface area contributed by atoms with E-state index in [4.69, 9.17) is 0 Å². The maximum absolute atomic E-state index is 11.6. The third-order valence-electron chi connectivity index (χ3n) is 2.72. The van der Waals surface area contributed by atoms with Gasteiger partial charge >= 0.3 is 0 Å². The molecule has 14 heavy (non-hydrogen) atoms. The van der Waals surface area contributed by atoms with Gasteiger partial charge in [0.05, 0.1) is 5.25 Å². The van der Waals surface area contributed by atoms with Gasteiger partial charge in [-0.05, 0) is 12.5 Å². The van der Waals surface area contributed by atoms with Crippen LogP contribution in [0, 0.1) is 5.92 Å². The molecule has 0 heterocycles. The molecule has 0 spiro atoms. The standard InChI is InChI=1S/C10H23NO2S/c1-5-9(6-2)10(8-11-7-3)14(4,12)13/h9-11H,5-8H2,1-4H3. The Morgan fingerprint density at radius 3 is 1.93 bits per heavy atom. The van der Waals surface area contributed by atoms with Crippen LogP contribution < -0.4 is 5.32 Å². The van der Waals surface area contributed by atoms with E-state index in [0.29, 0.717) is 6.54 Å². The summed E-state index contributed by atoms with van der Waals surface area (Å²) in [5.41, 5.74) is 0. The minimum absolute atomic E-state index is 0.225. The molecule has 0 aromatic carbocycles. The van der Waals surface area contributed by atoms with E-state index in [2.05, 4.69) is 19.2 Å². The minimum atomic E-state index is -2.92. The van der Waals surface area contributed by atoms with Crippen LogP contribution in [0.25, 0.3) is 0 Å². The second-order valence-electron chi connectivity index (χ2n) is 3.75. The van der Waals surface area contributed by atoms with Crippen molar-refractivity contribution in [3.63, 3.8) is 0 Å². The van der Waals surface area contributed by atoms with Crippen molar-refractivity contribution in [1.82, 2.24) is 5.32 Å². The quantitative estimate of drug-likeness (QED) is 0.707. The summed E-state index contributed by atoms with van der Waals surface area (Å²) in [5.74, 6) is 0.282. The summed E-state index contributed by atoms with van der Waals surface area (Å²) in [6, 6.07) is 0. The first-order valence-corrected chi connectivity index (χ1v) is 7.32. The van der Waals surface area contributed by atoms with Crippen LogP contribution in [-0.2, 0) is 9.84 Å². The number of hydrogen-bond donors (Lipinski definition) is 1. The Kier molecular flexibility index (Phi) is 6.36. The van der Waals surface area contributed by atoms with Crippen molar-refractivity contribution in [2.24, 2.45) is 5.92 Å². The molecule has 3 nitrogen and oxygen atoms in total. The third-order valence-corrected chi connectivity index (χ3v) is 4.37. The fourth-order valence-corrected chi connectivity index (χ4v) is 3.27. The fourth-order valence-electron chi connectivity index (χ4n) is 1.77. The summed E-state index contributed by atoms with van der Waals surface area (Å²) in [5, 5.41) is 2.90. The Hall–Kier alpha value is -0.0900. The van der Waals surface area contributed by atoms with Crippen molar-refractivity contribution < 1.29 is 8.42 Å². The predicted octanol–water partition coefficient (Wildman–Crippen LogP) is 1.45. The monoisotopic (exact) mass is 221 g/mol. The lowest BCUT2D eigenvalue weighted by Crippen LogP contribution is -2.38. The zero-order chi connectivity index (χ0) is 11.2. The Morgan fingerprint density at radius 1 is 1.14 bits per heavy atom. The van der Waals surface area contributed by atoms with Crippen LogP contribution in [-0.4, -0.2) is 33.0 Å². The van der Waals surface area contributed by atoms with Crippen molar-refractivity contribution in [1.29, 1.82) is 0 Å². The summed E-state index contributed by atoms with van der Waals surface area (Å²) in [7, 11) is -2.92. The highest BCUT2D eigenvalue weighted by Gasteiger charge is 2.27. The first-order chi connectivity index (χ1) is 6.47. The first-order valence-electron chi connectivity index (χ1n) is 5.36. The van der Waals surface area contributed by atoms with Gasteiger partial charge in [0.1, 0.15) is 0 Å². The van der Waals surface area contributed by atoms with Gasteiger partial charge in [0, 0.05) is 12.8 Å². The Bertz CT molecular complexity index is 233. The molecule has 4 heteroatoms. The Morgan fingerprint density at radius 2 is 1.64 bits per heavy atom. The molecule has 0 saturated heterocycles. The number of rotatable bonds is 7. The molecule has 0 radical (unpaired) electrons. The molecule has 0 amide bonds. The number of nitrogens with one attached hydrogen (secondary N) is 1. The van der Waals surface area contributed by atoms with E-state index < -0.39 is 9.84 Å². The Balaban J connectivity index is 4.54. The largest absolute Gasteiger partial charge is 0.316 e. The molecule has 0 fully saturated rings. The van der Waals surface area contributed by atoms with Crippen LogP contribution >= 0.6 is 0 Å². The molecule has 0 rings (SSSR count). The summed E-state index contributed by atoms with van der Waals surface area (Å²) in [6.45, 7) is 7.51. The van der Waals surface area contributed by atoms with E-state index in [1.807, 2.05) is 6.92 Å². The van der Waals surface area contributed by atoms with Gasteiger partial charge in [-0.25, -0.2) is 8.42 Å². The van der Waals surface area contributed by atoms with Gasteiger partial charge in [0.15, 0.2) is 9.84 Å². The molecule has 0 aliphatic rings. The lowest BCUT2D eigenvalue weighted by atomic mass is 9.99. The SMILES string of the molecule is CCNCC(C(CC)CC)S(C)(=O)=O. The highest BCUT2D eigenvalue weighted by atomic mass is 32.2. The van der Waals surface area contributed by atoms with Gasteiger partial charge in [0.25, 0.3) is 0 Å². The number of sulfone groups is 1. The van der Waals surface area contributed by atoms with Crippen LogP contribution in [0.4, 0.5) is 0 Å². The normalized spacial score (nSPS) is 14.6. The van der Waals surface area contributed by atoms with E-state index in [-0.39, 0.29) is 11.2 Å². The summed E-state index contributed by atoms with van der Waals surface area (Å²) in [6.07, 6.45) is 3.20. The lowest BCUT2D eigenvalue weighted by molar-refractivity contribution is 0.433. The van der Waals surface area contributed by atoms with Gasteiger partial charge in [-0.1, -0.05) is 33.6 Å². The molecule has 0 aliphatic heterocycles. The smallest absolute Gasteiger partial charge is 0.151 e. The lowest BCUT2D eigenvalue weighted by Gasteiger charge is -2.23. The molecule has 0 aromatic heterocycles. The second-order valence-corrected chi connectivity index (χ2v) is 6.02. The van der Waals surface area contributed by atoms with Gasteiger partial charge in [0.2, 0.25) is 0 Å². The van der Waals surface area contributed by atoms with E-state index >= 15 is 0 Å². The molecule has 0 bridgehead atoms. The molecule has 0 aromatic rings. The van der Waals surface area contributed by atoms with Crippen LogP contribution in [0.3, 0.4) is 0 Å². The molecule has 0 saturated carbocycles. The zero-order valence-corrected chi connectivity index (χ0v) is 10.5. The van der Waals surface area contributed by atoms with Crippen molar-refractivity contribution in [2.45, 2.75) is 38.9 Å². The second kappa shape index (κ2) is 6.40. The summed E-state index contributed by atoms with van der Waals surface area (Å²) < 4.78 is 23.1. The maximum Gasteiger partial charge on any atom is 0.151 e. The van der Waals surface area contributed by atoms with Crippen molar-refractivity contribution in [3.05, 3.63) is 0 Å². The fraction of sp³-hybridized carbons (Fsp3) is 1.00. The van der Waals surface area contributed by atoms with E-state index in [1.165, 1.54) is 6.26 Å². The third kappa shape index (κ3) is 4.42. The van der Waals surface area contributed by atoms with Gasteiger partial charge in [-0.3, -0.25) is 0 Å². The molecule has 1 N–H and O–H groups in total. The molecule has 0 aliphatic carbocycles. The average Bonchev–Trinajstić information content (AvgIpc) is 2.10. The van der Waals surface area contributed by atoms with Crippen LogP contribution in [0.15, 0.2) is 0 Å². The van der Waals surface area contributed by atoms with E-state index in [0.717, 1.165) is 19.4 Å². The van der Waals surface area contributed by atoms with Crippen molar-refractivity contribution in [2.75, 3.05) is 19.3 Å². The highest BCUT2D eigenvalue weighted by molar-refractivity contribution is 7.91. The topological polar surface area (TPSA) is 46.2 Å². The molecular weight excluding hydrogens is 198 g/mol. The minimum Gasteiger partial charge on any atom is -0.316 e. The molecule has 86 valence electrons. The van der Waals surface area contributed by atoms with E-state index in [9.17, 15) is 8.42 Å². The van der Waals surface area contributed by atoms with Crippen molar-refractivity contribution in [3.8, 4) is 0 Å². The molecule has 1 atom stereocenters. The average molecular weight is 221 g/mol. The number of hydrogen-bond acceptors (Lipinski definition) is 3. The van der Waals surface area contributed by atoms with E-state index in [1.54, 1.807) is 0 Å². The zero-order valence-electron chi connectivity index (χ0n) is 9.71. The summed E-state index contributed by atoms with van der Waals surface area (Å²) in [4.78, 5) is 0. The van der Waals surface area contributed by atoms with Crippen molar-refractivity contribution >= 4 is 9.84 Å². The van der Waals surface area contributed by atoms with Gasteiger partial charge in [-0.2, -0.15) is 0 Å². The Labute approximate surface area is 88.2 Å². The summed E-state index contributed by atoms with van der Waals surface area (Å²) >= 11 is 0. The van der Waals surface area contributed by atoms with Crippen LogP contribution in [0.5, 0.6) is 0 Å². The van der Waals surface area contributed by atoms with Gasteiger partial charge < -0.3 is 5.32 Å². The highest BCUT2D eigenvalue weighted by Crippen LogP contribution is 2.18. The van der Waals surface area contributed by atoms with Crippen LogP contribution in [0.2, 0.25) is 0 Å². The molecule has 1 unspecified atom stereocenters. The van der Waals surface area contributed by atoms with Crippen LogP contribution in [0.1, 0.15) is 33.6 Å². The molecular formula is C10H23NO2S.